The number of carbonyl (C=O) groups is 1. The zero-order valence-electron chi connectivity index (χ0n) is 12.6. The van der Waals surface area contributed by atoms with E-state index in [0.29, 0.717) is 37.3 Å². The zero-order valence-corrected chi connectivity index (χ0v) is 12.6. The molecule has 0 aromatic heterocycles. The summed E-state index contributed by atoms with van der Waals surface area (Å²) in [5.74, 6) is 0.705. The van der Waals surface area contributed by atoms with Gasteiger partial charge in [0.05, 0.1) is 5.41 Å². The van der Waals surface area contributed by atoms with Crippen LogP contribution in [0.4, 0.5) is 0 Å². The van der Waals surface area contributed by atoms with E-state index in [9.17, 15) is 9.90 Å². The lowest BCUT2D eigenvalue weighted by Gasteiger charge is -2.44. The Morgan fingerprint density at radius 3 is 2.28 bits per heavy atom. The van der Waals surface area contributed by atoms with Gasteiger partial charge >= 0.3 is 5.97 Å². The lowest BCUT2D eigenvalue weighted by atomic mass is 9.79. The van der Waals surface area contributed by atoms with Gasteiger partial charge in [-0.1, -0.05) is 27.7 Å². The Kier molecular flexibility index (Phi) is 5.20. The molecule has 3 atom stereocenters. The lowest BCUT2D eigenvalue weighted by Crippen LogP contribution is -2.52. The molecule has 1 rings (SSSR count). The molecule has 0 radical (unpaired) electrons. The summed E-state index contributed by atoms with van der Waals surface area (Å²) in [6, 6.07) is 0.498. The van der Waals surface area contributed by atoms with Gasteiger partial charge in [-0.3, -0.25) is 9.69 Å². The van der Waals surface area contributed by atoms with E-state index >= 15 is 0 Å². The number of rotatable bonds is 5. The highest BCUT2D eigenvalue weighted by molar-refractivity contribution is 5.74. The summed E-state index contributed by atoms with van der Waals surface area (Å²) in [4.78, 5) is 14.0. The van der Waals surface area contributed by atoms with Crippen molar-refractivity contribution in [2.24, 2.45) is 17.3 Å². The van der Waals surface area contributed by atoms with Crippen LogP contribution in [0.2, 0.25) is 0 Å². The third-order valence-corrected chi connectivity index (χ3v) is 5.03. The van der Waals surface area contributed by atoms with Gasteiger partial charge in [-0.25, -0.2) is 0 Å². The molecule has 0 bridgehead atoms. The molecule has 0 spiro atoms. The van der Waals surface area contributed by atoms with E-state index < -0.39 is 11.4 Å². The first-order valence-electron chi connectivity index (χ1n) is 7.33. The van der Waals surface area contributed by atoms with Crippen molar-refractivity contribution in [3.63, 3.8) is 0 Å². The molecule has 1 fully saturated rings. The Labute approximate surface area is 112 Å². The molecule has 0 saturated carbocycles. The number of likely N-dealkylation sites (tertiary alicyclic amines) is 1. The molecule has 18 heavy (non-hydrogen) atoms. The van der Waals surface area contributed by atoms with Crippen molar-refractivity contribution in [1.82, 2.24) is 4.90 Å². The Hall–Kier alpha value is -0.570. The summed E-state index contributed by atoms with van der Waals surface area (Å²) < 4.78 is 0. The van der Waals surface area contributed by atoms with E-state index in [1.165, 1.54) is 6.42 Å². The first-order valence-corrected chi connectivity index (χ1v) is 7.33. The van der Waals surface area contributed by atoms with E-state index in [1.54, 1.807) is 0 Å². The number of aliphatic carboxylic acids is 1. The molecular weight excluding hydrogens is 226 g/mol. The van der Waals surface area contributed by atoms with Crippen LogP contribution in [-0.4, -0.2) is 35.1 Å². The van der Waals surface area contributed by atoms with Crippen molar-refractivity contribution in [3.8, 4) is 0 Å². The topological polar surface area (TPSA) is 40.5 Å². The molecule has 0 aromatic carbocycles. The normalized spacial score (nSPS) is 30.4. The van der Waals surface area contributed by atoms with Gasteiger partial charge in [0.2, 0.25) is 0 Å². The smallest absolute Gasteiger partial charge is 0.310 e. The molecule has 3 nitrogen and oxygen atoms in total. The maximum atomic E-state index is 11.6. The largest absolute Gasteiger partial charge is 0.481 e. The molecule has 0 amide bonds. The Morgan fingerprint density at radius 2 is 1.83 bits per heavy atom. The molecule has 106 valence electrons. The van der Waals surface area contributed by atoms with Crippen LogP contribution in [0.25, 0.3) is 0 Å². The molecule has 1 aliphatic heterocycles. The zero-order chi connectivity index (χ0) is 13.9. The molecule has 3 heteroatoms. The summed E-state index contributed by atoms with van der Waals surface area (Å²) in [7, 11) is 0. The maximum Gasteiger partial charge on any atom is 0.310 e. The van der Waals surface area contributed by atoms with Crippen molar-refractivity contribution in [3.05, 3.63) is 0 Å². The first kappa shape index (κ1) is 15.5. The van der Waals surface area contributed by atoms with E-state index in [-0.39, 0.29) is 0 Å². The Balaban J connectivity index is 2.82. The summed E-state index contributed by atoms with van der Waals surface area (Å²) in [6.45, 7) is 12.5. The fourth-order valence-corrected chi connectivity index (χ4v) is 3.27. The second-order valence-electron chi connectivity index (χ2n) is 6.28. The van der Waals surface area contributed by atoms with E-state index in [4.69, 9.17) is 0 Å². The van der Waals surface area contributed by atoms with Crippen molar-refractivity contribution < 1.29 is 9.90 Å². The van der Waals surface area contributed by atoms with E-state index in [0.717, 1.165) is 6.54 Å². The standard InChI is InChI=1S/C15H29NO2/c1-6-15(7-2,14(17)18)10-16-9-11(3)8-12(4)13(16)5/h11-13H,6-10H2,1-5H3,(H,17,18). The molecule has 1 aliphatic rings. The van der Waals surface area contributed by atoms with Crippen molar-refractivity contribution >= 4 is 5.97 Å². The highest BCUT2D eigenvalue weighted by atomic mass is 16.4. The molecule has 1 saturated heterocycles. The quantitative estimate of drug-likeness (QED) is 0.820. The first-order chi connectivity index (χ1) is 8.36. The predicted molar refractivity (Wildman–Crippen MR) is 74.6 cm³/mol. The molecule has 1 N–H and O–H groups in total. The second kappa shape index (κ2) is 6.05. The van der Waals surface area contributed by atoms with Crippen LogP contribution in [0.1, 0.15) is 53.9 Å². The number of carboxylic acids is 1. The highest BCUT2D eigenvalue weighted by Crippen LogP contribution is 2.33. The Bertz CT molecular complexity index is 286. The minimum Gasteiger partial charge on any atom is -0.481 e. The molecule has 1 heterocycles. The Morgan fingerprint density at radius 1 is 1.28 bits per heavy atom. The number of carboxylic acid groups (broad SMARTS) is 1. The summed E-state index contributed by atoms with van der Waals surface area (Å²) in [5.41, 5.74) is -0.564. The predicted octanol–water partition coefficient (Wildman–Crippen LogP) is 3.24. The minimum atomic E-state index is -0.634. The van der Waals surface area contributed by atoms with Gasteiger partial charge in [-0.05, 0) is 38.0 Å². The van der Waals surface area contributed by atoms with Crippen LogP contribution >= 0.6 is 0 Å². The number of piperidine rings is 1. The second-order valence-corrected chi connectivity index (χ2v) is 6.28. The van der Waals surface area contributed by atoms with Gasteiger partial charge in [0.1, 0.15) is 0 Å². The van der Waals surface area contributed by atoms with Gasteiger partial charge < -0.3 is 5.11 Å². The molecular formula is C15H29NO2. The number of nitrogens with zero attached hydrogens (tertiary/aromatic N) is 1. The molecule has 3 unspecified atom stereocenters. The van der Waals surface area contributed by atoms with Crippen LogP contribution in [0, 0.1) is 17.3 Å². The average molecular weight is 255 g/mol. The SMILES string of the molecule is CCC(CC)(CN1CC(C)CC(C)C1C)C(=O)O. The van der Waals surface area contributed by atoms with Gasteiger partial charge in [0, 0.05) is 19.1 Å². The van der Waals surface area contributed by atoms with Gasteiger partial charge in [-0.2, -0.15) is 0 Å². The summed E-state index contributed by atoms with van der Waals surface area (Å²) in [6.07, 6.45) is 2.69. The summed E-state index contributed by atoms with van der Waals surface area (Å²) >= 11 is 0. The third kappa shape index (κ3) is 3.05. The molecule has 0 aromatic rings. The summed E-state index contributed by atoms with van der Waals surface area (Å²) in [5, 5.41) is 9.55. The van der Waals surface area contributed by atoms with Gasteiger partial charge in [-0.15, -0.1) is 0 Å². The third-order valence-electron chi connectivity index (χ3n) is 5.03. The van der Waals surface area contributed by atoms with E-state index in [2.05, 4.69) is 25.7 Å². The van der Waals surface area contributed by atoms with Crippen LogP contribution in [0.5, 0.6) is 0 Å². The van der Waals surface area contributed by atoms with Crippen molar-refractivity contribution in [2.75, 3.05) is 13.1 Å². The van der Waals surface area contributed by atoms with Crippen molar-refractivity contribution in [1.29, 1.82) is 0 Å². The average Bonchev–Trinajstić information content (AvgIpc) is 2.31. The highest BCUT2D eigenvalue weighted by Gasteiger charge is 2.40. The van der Waals surface area contributed by atoms with Crippen molar-refractivity contribution in [2.45, 2.75) is 59.9 Å². The van der Waals surface area contributed by atoms with Gasteiger partial charge in [0.25, 0.3) is 0 Å². The fourth-order valence-electron chi connectivity index (χ4n) is 3.27. The number of hydrogen-bond donors (Lipinski definition) is 1. The van der Waals surface area contributed by atoms with Crippen LogP contribution in [0.3, 0.4) is 0 Å². The maximum absolute atomic E-state index is 11.6. The number of hydrogen-bond acceptors (Lipinski definition) is 2. The van der Waals surface area contributed by atoms with E-state index in [1.807, 2.05) is 13.8 Å². The van der Waals surface area contributed by atoms with Crippen LogP contribution in [-0.2, 0) is 4.79 Å². The molecule has 0 aliphatic carbocycles. The van der Waals surface area contributed by atoms with Crippen LogP contribution < -0.4 is 0 Å². The lowest BCUT2D eigenvalue weighted by molar-refractivity contribution is -0.152. The van der Waals surface area contributed by atoms with Crippen LogP contribution in [0.15, 0.2) is 0 Å². The minimum absolute atomic E-state index is 0.498. The fraction of sp³-hybridized carbons (Fsp3) is 0.933. The van der Waals surface area contributed by atoms with Gasteiger partial charge in [0.15, 0.2) is 0 Å². The monoisotopic (exact) mass is 255 g/mol.